The van der Waals surface area contributed by atoms with Crippen LogP contribution in [0.1, 0.15) is 37.2 Å². The zero-order chi connectivity index (χ0) is 23.0. The lowest BCUT2D eigenvalue weighted by Crippen LogP contribution is -2.40. The highest BCUT2D eigenvalue weighted by molar-refractivity contribution is 5.72. The highest BCUT2D eigenvalue weighted by Gasteiger charge is 2.22. The first-order valence-electron chi connectivity index (χ1n) is 11.1. The summed E-state index contributed by atoms with van der Waals surface area (Å²) in [6.07, 6.45) is 1.71. The van der Waals surface area contributed by atoms with Crippen molar-refractivity contribution in [2.45, 2.75) is 53.6 Å². The summed E-state index contributed by atoms with van der Waals surface area (Å²) < 4.78 is 6.49. The van der Waals surface area contributed by atoms with Gasteiger partial charge in [-0.05, 0) is 44.2 Å². The van der Waals surface area contributed by atoms with E-state index in [2.05, 4.69) is 17.2 Å². The Kier molecular flexibility index (Phi) is 5.86. The Morgan fingerprint density at radius 3 is 2.38 bits per heavy atom. The average molecular weight is 435 g/mol. The third kappa shape index (κ3) is 3.92. The Hall–Kier alpha value is -3.42. The second-order valence-electron chi connectivity index (χ2n) is 8.81. The lowest BCUT2D eigenvalue weighted by molar-refractivity contribution is 0.483. The molecule has 3 heterocycles. The molecule has 168 valence electrons. The summed E-state index contributed by atoms with van der Waals surface area (Å²) in [5.41, 5.74) is 3.24. The Bertz CT molecular complexity index is 1370. The molecule has 0 unspecified atom stereocenters. The first kappa shape index (κ1) is 21.8. The van der Waals surface area contributed by atoms with Gasteiger partial charge in [0, 0.05) is 25.8 Å². The summed E-state index contributed by atoms with van der Waals surface area (Å²) in [5, 5.41) is 4.59. The standard InChI is InChI=1S/C24H30N6O2/c1-16(2)15-29-22(31)20-21(27(5)24(29)32)25-23(30-18(4)14-17(3)26-30)28(20)13-9-12-19-10-7-6-8-11-19/h6-8,10-11,14,16H,9,12-13,15H2,1-5H3. The molecular formula is C24H30N6O2. The molecule has 0 atom stereocenters. The Balaban J connectivity index is 1.89. The number of benzene rings is 1. The van der Waals surface area contributed by atoms with Gasteiger partial charge in [-0.3, -0.25) is 13.9 Å². The van der Waals surface area contributed by atoms with Crippen LogP contribution in [0.4, 0.5) is 0 Å². The highest BCUT2D eigenvalue weighted by atomic mass is 16.2. The Morgan fingerprint density at radius 2 is 1.75 bits per heavy atom. The Morgan fingerprint density at radius 1 is 1.03 bits per heavy atom. The first-order valence-corrected chi connectivity index (χ1v) is 11.1. The number of nitrogens with zero attached hydrogens (tertiary/aromatic N) is 6. The van der Waals surface area contributed by atoms with Crippen LogP contribution in [0.5, 0.6) is 0 Å². The van der Waals surface area contributed by atoms with Gasteiger partial charge in [0.15, 0.2) is 11.2 Å². The Labute approximate surface area is 186 Å². The van der Waals surface area contributed by atoms with Crippen molar-refractivity contribution in [2.75, 3.05) is 0 Å². The fourth-order valence-electron chi connectivity index (χ4n) is 4.18. The molecule has 1 aromatic carbocycles. The molecule has 8 heteroatoms. The average Bonchev–Trinajstić information content (AvgIpc) is 3.29. The normalized spacial score (nSPS) is 11.7. The van der Waals surface area contributed by atoms with Crippen molar-refractivity contribution in [1.29, 1.82) is 0 Å². The third-order valence-electron chi connectivity index (χ3n) is 5.65. The van der Waals surface area contributed by atoms with E-state index in [1.807, 2.05) is 56.5 Å². The second-order valence-corrected chi connectivity index (χ2v) is 8.81. The number of aromatic nitrogens is 6. The van der Waals surface area contributed by atoms with E-state index in [1.165, 1.54) is 14.7 Å². The van der Waals surface area contributed by atoms with Gasteiger partial charge >= 0.3 is 5.69 Å². The van der Waals surface area contributed by atoms with Crippen molar-refractivity contribution < 1.29 is 0 Å². The predicted octanol–water partition coefficient (Wildman–Crippen LogP) is 2.99. The van der Waals surface area contributed by atoms with E-state index in [4.69, 9.17) is 4.98 Å². The van der Waals surface area contributed by atoms with Gasteiger partial charge in [-0.15, -0.1) is 0 Å². The molecule has 0 bridgehead atoms. The molecule has 4 aromatic rings. The van der Waals surface area contributed by atoms with Crippen LogP contribution < -0.4 is 11.2 Å². The molecule has 0 radical (unpaired) electrons. The number of fused-ring (bicyclic) bond motifs is 1. The van der Waals surface area contributed by atoms with E-state index in [0.29, 0.717) is 30.2 Å². The largest absolute Gasteiger partial charge is 0.332 e. The lowest BCUT2D eigenvalue weighted by Gasteiger charge is -2.12. The van der Waals surface area contributed by atoms with Crippen LogP contribution in [-0.2, 0) is 26.6 Å². The maximum Gasteiger partial charge on any atom is 0.332 e. The van der Waals surface area contributed by atoms with Gasteiger partial charge in [0.25, 0.3) is 5.56 Å². The van der Waals surface area contributed by atoms with E-state index in [0.717, 1.165) is 24.2 Å². The second kappa shape index (κ2) is 8.61. The fraction of sp³-hybridized carbons (Fsp3) is 0.417. The van der Waals surface area contributed by atoms with Gasteiger partial charge in [0.2, 0.25) is 5.95 Å². The summed E-state index contributed by atoms with van der Waals surface area (Å²) in [4.78, 5) is 31.1. The van der Waals surface area contributed by atoms with Crippen LogP contribution in [0.15, 0.2) is 46.0 Å². The molecule has 0 N–H and O–H groups in total. The maximum absolute atomic E-state index is 13.5. The highest BCUT2D eigenvalue weighted by Crippen LogP contribution is 2.18. The smallest absolute Gasteiger partial charge is 0.302 e. The third-order valence-corrected chi connectivity index (χ3v) is 5.65. The lowest BCUT2D eigenvalue weighted by atomic mass is 10.1. The molecule has 0 aliphatic carbocycles. The number of imidazole rings is 1. The van der Waals surface area contributed by atoms with E-state index in [1.54, 1.807) is 11.7 Å². The minimum Gasteiger partial charge on any atom is -0.302 e. The van der Waals surface area contributed by atoms with Gasteiger partial charge in [-0.25, -0.2) is 9.48 Å². The van der Waals surface area contributed by atoms with Crippen LogP contribution in [0.2, 0.25) is 0 Å². The van der Waals surface area contributed by atoms with Crippen molar-refractivity contribution in [2.24, 2.45) is 13.0 Å². The van der Waals surface area contributed by atoms with Crippen molar-refractivity contribution in [1.82, 2.24) is 28.5 Å². The van der Waals surface area contributed by atoms with Crippen molar-refractivity contribution in [3.05, 3.63) is 74.2 Å². The summed E-state index contributed by atoms with van der Waals surface area (Å²) in [5.74, 6) is 0.732. The topological polar surface area (TPSA) is 79.6 Å². The van der Waals surface area contributed by atoms with Crippen LogP contribution in [-0.4, -0.2) is 28.5 Å². The van der Waals surface area contributed by atoms with Gasteiger partial charge in [-0.1, -0.05) is 44.2 Å². The number of rotatable bonds is 7. The summed E-state index contributed by atoms with van der Waals surface area (Å²) in [6.45, 7) is 8.84. The molecular weight excluding hydrogens is 404 g/mol. The zero-order valence-electron chi connectivity index (χ0n) is 19.4. The minimum atomic E-state index is -0.343. The van der Waals surface area contributed by atoms with E-state index in [-0.39, 0.29) is 17.2 Å². The number of hydrogen-bond donors (Lipinski definition) is 0. The molecule has 0 amide bonds. The van der Waals surface area contributed by atoms with Crippen molar-refractivity contribution in [3.8, 4) is 5.95 Å². The van der Waals surface area contributed by atoms with Crippen LogP contribution in [0.25, 0.3) is 17.1 Å². The van der Waals surface area contributed by atoms with E-state index >= 15 is 0 Å². The van der Waals surface area contributed by atoms with Crippen LogP contribution in [0, 0.1) is 19.8 Å². The zero-order valence-corrected chi connectivity index (χ0v) is 19.4. The van der Waals surface area contributed by atoms with Gasteiger partial charge in [0.05, 0.1) is 5.69 Å². The maximum atomic E-state index is 13.5. The van der Waals surface area contributed by atoms with Crippen molar-refractivity contribution >= 4 is 11.2 Å². The van der Waals surface area contributed by atoms with Gasteiger partial charge < -0.3 is 4.57 Å². The minimum absolute atomic E-state index is 0.169. The van der Waals surface area contributed by atoms with Gasteiger partial charge in [-0.2, -0.15) is 10.1 Å². The van der Waals surface area contributed by atoms with Crippen LogP contribution >= 0.6 is 0 Å². The van der Waals surface area contributed by atoms with Gasteiger partial charge in [0.1, 0.15) is 0 Å². The van der Waals surface area contributed by atoms with Crippen molar-refractivity contribution in [3.63, 3.8) is 0 Å². The molecule has 0 saturated heterocycles. The number of hydrogen-bond acceptors (Lipinski definition) is 4. The first-order chi connectivity index (χ1) is 15.3. The summed E-state index contributed by atoms with van der Waals surface area (Å²) in [7, 11) is 1.67. The summed E-state index contributed by atoms with van der Waals surface area (Å²) in [6, 6.07) is 12.3. The predicted molar refractivity (Wildman–Crippen MR) is 125 cm³/mol. The van der Waals surface area contributed by atoms with Crippen LogP contribution in [0.3, 0.4) is 0 Å². The molecule has 0 spiro atoms. The molecule has 0 saturated carbocycles. The SMILES string of the molecule is Cc1cc(C)n(-c2nc3c(c(=O)n(CC(C)C)c(=O)n3C)n2CCCc2ccccc2)n1. The quantitative estimate of drug-likeness (QED) is 0.448. The molecule has 0 fully saturated rings. The molecule has 8 nitrogen and oxygen atoms in total. The molecule has 3 aromatic heterocycles. The molecule has 0 aliphatic rings. The molecule has 0 aliphatic heterocycles. The number of aryl methyl sites for hydroxylation is 5. The summed E-state index contributed by atoms with van der Waals surface area (Å²) >= 11 is 0. The molecule has 32 heavy (non-hydrogen) atoms. The fourth-order valence-corrected chi connectivity index (χ4v) is 4.18. The van der Waals surface area contributed by atoms with E-state index < -0.39 is 0 Å². The van der Waals surface area contributed by atoms with E-state index in [9.17, 15) is 9.59 Å². The monoisotopic (exact) mass is 434 g/mol. The molecule has 4 rings (SSSR count).